The van der Waals surface area contributed by atoms with Gasteiger partial charge in [0.15, 0.2) is 0 Å². The molecule has 0 saturated carbocycles. The third-order valence-corrected chi connectivity index (χ3v) is 4.32. The molecule has 3 aromatic rings. The van der Waals surface area contributed by atoms with Gasteiger partial charge in [-0.1, -0.05) is 29.8 Å². The maximum atomic E-state index is 13.1. The second-order valence-corrected chi connectivity index (χ2v) is 5.94. The first-order valence-corrected chi connectivity index (χ1v) is 8.05. The molecule has 0 saturated heterocycles. The third kappa shape index (κ3) is 3.46. The largest absolute Gasteiger partial charge is 0.261 e. The summed E-state index contributed by atoms with van der Waals surface area (Å²) in [5.74, 6) is -0.251. The Balaban J connectivity index is 2.02. The second kappa shape index (κ2) is 6.71. The number of rotatable bonds is 3. The first kappa shape index (κ1) is 15.4. The van der Waals surface area contributed by atoms with Crippen molar-refractivity contribution in [1.82, 2.24) is 4.68 Å². The first-order chi connectivity index (χ1) is 11.2. The van der Waals surface area contributed by atoms with Crippen LogP contribution >= 0.6 is 11.3 Å². The number of hydrogen-bond donors (Lipinski definition) is 0. The van der Waals surface area contributed by atoms with Crippen LogP contribution in [0.5, 0.6) is 0 Å². The van der Waals surface area contributed by atoms with Crippen molar-refractivity contribution in [2.24, 2.45) is 10.1 Å². The van der Waals surface area contributed by atoms with Crippen molar-refractivity contribution in [3.05, 3.63) is 75.7 Å². The van der Waals surface area contributed by atoms with Crippen LogP contribution in [0.2, 0.25) is 0 Å². The van der Waals surface area contributed by atoms with E-state index in [4.69, 9.17) is 0 Å². The van der Waals surface area contributed by atoms with Crippen LogP contribution in [0.3, 0.4) is 0 Å². The van der Waals surface area contributed by atoms with Gasteiger partial charge in [0.1, 0.15) is 5.82 Å². The van der Waals surface area contributed by atoms with Crippen molar-refractivity contribution in [3.63, 3.8) is 0 Å². The Morgan fingerprint density at radius 3 is 2.39 bits per heavy atom. The molecule has 2 aromatic carbocycles. The third-order valence-electron chi connectivity index (χ3n) is 3.42. The summed E-state index contributed by atoms with van der Waals surface area (Å²) in [6, 6.07) is 14.5. The van der Waals surface area contributed by atoms with E-state index in [2.05, 4.69) is 17.0 Å². The Kier molecular flexibility index (Phi) is 4.48. The van der Waals surface area contributed by atoms with Gasteiger partial charge in [0.25, 0.3) is 0 Å². The maximum Gasteiger partial charge on any atom is 0.205 e. The Labute approximate surface area is 138 Å². The molecule has 1 aromatic heterocycles. The predicted molar refractivity (Wildman–Crippen MR) is 93.4 cm³/mol. The minimum Gasteiger partial charge on any atom is -0.261 e. The lowest BCUT2D eigenvalue weighted by atomic mass is 10.2. The minimum absolute atomic E-state index is 0.251. The second-order valence-electron chi connectivity index (χ2n) is 5.10. The topological polar surface area (TPSA) is 29.6 Å². The standard InChI is InChI=1S/C18H16FN3S/c1-13-3-5-14(6-4-13)11-21-22-17(12-23-18(22)20-2)15-7-9-16(19)10-8-15/h3-12H,1-2H3/b20-18?,21-11-. The average Bonchev–Trinajstić information content (AvgIpc) is 2.98. The summed E-state index contributed by atoms with van der Waals surface area (Å²) in [4.78, 5) is 5.04. The van der Waals surface area contributed by atoms with E-state index in [9.17, 15) is 4.39 Å². The summed E-state index contributed by atoms with van der Waals surface area (Å²) in [7, 11) is 1.73. The quantitative estimate of drug-likeness (QED) is 0.650. The number of aromatic nitrogens is 1. The number of benzene rings is 2. The van der Waals surface area contributed by atoms with Crippen molar-refractivity contribution < 1.29 is 4.39 Å². The molecule has 0 aliphatic heterocycles. The van der Waals surface area contributed by atoms with Gasteiger partial charge in [-0.05, 0) is 36.8 Å². The first-order valence-electron chi connectivity index (χ1n) is 7.18. The molecular formula is C18H16FN3S. The molecule has 3 nitrogen and oxygen atoms in total. The van der Waals surface area contributed by atoms with Crippen LogP contribution in [0.25, 0.3) is 11.3 Å². The zero-order chi connectivity index (χ0) is 16.2. The van der Waals surface area contributed by atoms with Crippen LogP contribution < -0.4 is 4.80 Å². The molecule has 1 heterocycles. The monoisotopic (exact) mass is 325 g/mol. The van der Waals surface area contributed by atoms with Gasteiger partial charge in [-0.15, -0.1) is 11.3 Å². The molecule has 0 spiro atoms. The summed E-state index contributed by atoms with van der Waals surface area (Å²) in [5.41, 5.74) is 4.01. The molecule has 23 heavy (non-hydrogen) atoms. The number of halogens is 1. The summed E-state index contributed by atoms with van der Waals surface area (Å²) in [5, 5.41) is 6.52. The molecule has 116 valence electrons. The van der Waals surface area contributed by atoms with Crippen molar-refractivity contribution in [2.75, 3.05) is 7.05 Å². The van der Waals surface area contributed by atoms with E-state index in [1.54, 1.807) is 30.1 Å². The maximum absolute atomic E-state index is 13.1. The van der Waals surface area contributed by atoms with E-state index in [1.807, 2.05) is 29.6 Å². The Bertz CT molecular complexity index is 887. The van der Waals surface area contributed by atoms with Gasteiger partial charge in [-0.2, -0.15) is 5.10 Å². The van der Waals surface area contributed by atoms with Crippen LogP contribution in [-0.4, -0.2) is 17.9 Å². The molecule has 0 amide bonds. The zero-order valence-electron chi connectivity index (χ0n) is 12.9. The average molecular weight is 325 g/mol. The van der Waals surface area contributed by atoms with Crippen molar-refractivity contribution in [1.29, 1.82) is 0 Å². The molecule has 0 fully saturated rings. The normalized spacial score (nSPS) is 12.2. The number of nitrogens with zero attached hydrogens (tertiary/aromatic N) is 3. The van der Waals surface area contributed by atoms with Crippen LogP contribution in [0, 0.1) is 12.7 Å². The van der Waals surface area contributed by atoms with Crippen LogP contribution in [0.4, 0.5) is 4.39 Å². The van der Waals surface area contributed by atoms with Crippen LogP contribution in [0.15, 0.2) is 64.0 Å². The summed E-state index contributed by atoms with van der Waals surface area (Å²) in [6.45, 7) is 2.05. The number of thiazole rings is 1. The molecule has 0 radical (unpaired) electrons. The number of hydrogen-bond acceptors (Lipinski definition) is 3. The summed E-state index contributed by atoms with van der Waals surface area (Å²) < 4.78 is 14.9. The fourth-order valence-corrected chi connectivity index (χ4v) is 2.96. The molecule has 0 unspecified atom stereocenters. The van der Waals surface area contributed by atoms with E-state index in [0.717, 1.165) is 21.6 Å². The summed E-state index contributed by atoms with van der Waals surface area (Å²) in [6.07, 6.45) is 1.80. The van der Waals surface area contributed by atoms with E-state index in [1.165, 1.54) is 29.0 Å². The van der Waals surface area contributed by atoms with Crippen molar-refractivity contribution in [3.8, 4) is 11.3 Å². The Morgan fingerprint density at radius 1 is 1.04 bits per heavy atom. The molecular weight excluding hydrogens is 309 g/mol. The van der Waals surface area contributed by atoms with E-state index >= 15 is 0 Å². The van der Waals surface area contributed by atoms with Crippen LogP contribution in [-0.2, 0) is 0 Å². The van der Waals surface area contributed by atoms with Crippen molar-refractivity contribution >= 4 is 17.6 Å². The van der Waals surface area contributed by atoms with Gasteiger partial charge >= 0.3 is 0 Å². The smallest absolute Gasteiger partial charge is 0.205 e. The highest BCUT2D eigenvalue weighted by molar-refractivity contribution is 7.07. The fraction of sp³-hybridized carbons (Fsp3) is 0.111. The Morgan fingerprint density at radius 2 is 1.74 bits per heavy atom. The molecule has 3 rings (SSSR count). The molecule has 0 aliphatic rings. The zero-order valence-corrected chi connectivity index (χ0v) is 13.7. The lowest BCUT2D eigenvalue weighted by molar-refractivity contribution is 0.628. The van der Waals surface area contributed by atoms with Crippen LogP contribution in [0.1, 0.15) is 11.1 Å². The van der Waals surface area contributed by atoms with E-state index in [0.29, 0.717) is 0 Å². The summed E-state index contributed by atoms with van der Waals surface area (Å²) >= 11 is 1.50. The minimum atomic E-state index is -0.251. The van der Waals surface area contributed by atoms with E-state index in [-0.39, 0.29) is 5.82 Å². The predicted octanol–water partition coefficient (Wildman–Crippen LogP) is 4.08. The number of aryl methyl sites for hydroxylation is 1. The molecule has 0 atom stereocenters. The highest BCUT2D eigenvalue weighted by Crippen LogP contribution is 2.20. The fourth-order valence-electron chi connectivity index (χ4n) is 2.16. The van der Waals surface area contributed by atoms with Crippen molar-refractivity contribution in [2.45, 2.75) is 6.92 Å². The van der Waals surface area contributed by atoms with Gasteiger partial charge in [0, 0.05) is 18.0 Å². The highest BCUT2D eigenvalue weighted by Gasteiger charge is 2.07. The van der Waals surface area contributed by atoms with Gasteiger partial charge in [-0.25, -0.2) is 9.07 Å². The lowest BCUT2D eigenvalue weighted by Gasteiger charge is -2.03. The molecule has 0 bridgehead atoms. The van der Waals surface area contributed by atoms with E-state index < -0.39 is 0 Å². The lowest BCUT2D eigenvalue weighted by Crippen LogP contribution is -2.11. The molecule has 0 aliphatic carbocycles. The SMILES string of the molecule is CN=c1scc(-c2ccc(F)cc2)n1/N=C\c1ccc(C)cc1. The molecule has 0 N–H and O–H groups in total. The van der Waals surface area contributed by atoms with Gasteiger partial charge in [0.2, 0.25) is 4.80 Å². The highest BCUT2D eigenvalue weighted by atomic mass is 32.1. The molecule has 5 heteroatoms. The Hall–Kier alpha value is -2.53. The van der Waals surface area contributed by atoms with Gasteiger partial charge < -0.3 is 0 Å². The van der Waals surface area contributed by atoms with Gasteiger partial charge in [-0.3, -0.25) is 4.99 Å². The van der Waals surface area contributed by atoms with Gasteiger partial charge in [0.05, 0.1) is 11.9 Å².